The van der Waals surface area contributed by atoms with Gasteiger partial charge >= 0.3 is 0 Å². The van der Waals surface area contributed by atoms with Crippen molar-refractivity contribution in [3.05, 3.63) is 59.1 Å². The van der Waals surface area contributed by atoms with Gasteiger partial charge in [-0.1, -0.05) is 11.3 Å². The van der Waals surface area contributed by atoms with Crippen molar-refractivity contribution in [2.24, 2.45) is 0 Å². The average Bonchev–Trinajstić information content (AvgIpc) is 3.47. The van der Waals surface area contributed by atoms with E-state index in [1.165, 1.54) is 42.7 Å². The molecule has 10 heteroatoms. The minimum Gasteiger partial charge on any atom is -0.497 e. The van der Waals surface area contributed by atoms with E-state index >= 15 is 0 Å². The SMILES string of the molecule is COc1ccc(NS(=O)(=O)c2ccc(C(=O)Nc3nnc(C4CC4)s3)cc2)cc1. The number of ether oxygens (including phenoxy) is 1. The number of benzene rings is 2. The molecule has 2 N–H and O–H groups in total. The van der Waals surface area contributed by atoms with Crippen LogP contribution in [0.4, 0.5) is 10.8 Å². The molecular formula is C19H18N4O4S2. The number of hydrogen-bond acceptors (Lipinski definition) is 7. The fourth-order valence-electron chi connectivity index (χ4n) is 2.61. The summed E-state index contributed by atoms with van der Waals surface area (Å²) in [7, 11) is -2.24. The molecule has 4 rings (SSSR count). The van der Waals surface area contributed by atoms with Crippen molar-refractivity contribution in [3.63, 3.8) is 0 Å². The number of nitrogens with one attached hydrogen (secondary N) is 2. The number of hydrogen-bond donors (Lipinski definition) is 2. The van der Waals surface area contributed by atoms with E-state index in [0.29, 0.717) is 28.0 Å². The summed E-state index contributed by atoms with van der Waals surface area (Å²) in [6.45, 7) is 0. The molecule has 2 aromatic carbocycles. The van der Waals surface area contributed by atoms with E-state index in [1.807, 2.05) is 0 Å². The number of carbonyl (C=O) groups is 1. The van der Waals surface area contributed by atoms with Crippen LogP contribution in [0.1, 0.15) is 34.1 Å². The highest BCUT2D eigenvalue weighted by Gasteiger charge is 2.27. The third kappa shape index (κ3) is 4.54. The number of amides is 1. The van der Waals surface area contributed by atoms with E-state index < -0.39 is 10.0 Å². The third-order valence-electron chi connectivity index (χ3n) is 4.36. The maximum Gasteiger partial charge on any atom is 0.261 e. The second-order valence-electron chi connectivity index (χ2n) is 6.53. The molecule has 0 bridgehead atoms. The van der Waals surface area contributed by atoms with Crippen molar-refractivity contribution in [3.8, 4) is 5.75 Å². The highest BCUT2D eigenvalue weighted by Crippen LogP contribution is 2.42. The van der Waals surface area contributed by atoms with Gasteiger partial charge in [-0.25, -0.2) is 8.42 Å². The fourth-order valence-corrected chi connectivity index (χ4v) is 4.57. The monoisotopic (exact) mass is 430 g/mol. The Morgan fingerprint density at radius 2 is 1.76 bits per heavy atom. The molecule has 0 radical (unpaired) electrons. The first-order valence-corrected chi connectivity index (χ1v) is 11.2. The lowest BCUT2D eigenvalue weighted by Gasteiger charge is -2.09. The van der Waals surface area contributed by atoms with E-state index in [9.17, 15) is 13.2 Å². The molecule has 1 fully saturated rings. The first kappa shape index (κ1) is 19.3. The van der Waals surface area contributed by atoms with Gasteiger partial charge in [0.2, 0.25) is 5.13 Å². The molecule has 29 heavy (non-hydrogen) atoms. The molecule has 150 valence electrons. The zero-order chi connectivity index (χ0) is 20.4. The number of aromatic nitrogens is 2. The normalized spacial score (nSPS) is 13.7. The number of carbonyl (C=O) groups excluding carboxylic acids is 1. The maximum atomic E-state index is 12.5. The second kappa shape index (κ2) is 7.80. The molecule has 1 heterocycles. The Kier molecular flexibility index (Phi) is 5.20. The Morgan fingerprint density at radius 1 is 1.07 bits per heavy atom. The minimum atomic E-state index is -3.78. The zero-order valence-electron chi connectivity index (χ0n) is 15.5. The van der Waals surface area contributed by atoms with Crippen molar-refractivity contribution >= 4 is 38.1 Å². The van der Waals surface area contributed by atoms with Gasteiger partial charge in [-0.15, -0.1) is 10.2 Å². The van der Waals surface area contributed by atoms with Gasteiger partial charge in [-0.3, -0.25) is 14.8 Å². The van der Waals surface area contributed by atoms with E-state index in [-0.39, 0.29) is 10.8 Å². The highest BCUT2D eigenvalue weighted by molar-refractivity contribution is 7.92. The van der Waals surface area contributed by atoms with Crippen molar-refractivity contribution < 1.29 is 17.9 Å². The smallest absolute Gasteiger partial charge is 0.261 e. The average molecular weight is 431 g/mol. The summed E-state index contributed by atoms with van der Waals surface area (Å²) >= 11 is 1.37. The summed E-state index contributed by atoms with van der Waals surface area (Å²) in [6.07, 6.45) is 2.23. The van der Waals surface area contributed by atoms with E-state index in [0.717, 1.165) is 17.8 Å². The standard InChI is InChI=1S/C19H18N4O4S2/c1-27-15-8-6-14(7-9-15)23-29(25,26)16-10-4-12(5-11-16)17(24)20-19-22-21-18(28-19)13-2-3-13/h4-11,13,23H,2-3H2,1H3,(H,20,22,24). The number of sulfonamides is 1. The highest BCUT2D eigenvalue weighted by atomic mass is 32.2. The number of methoxy groups -OCH3 is 1. The van der Waals surface area contributed by atoms with Gasteiger partial charge in [0, 0.05) is 17.2 Å². The van der Waals surface area contributed by atoms with Crippen LogP contribution in [0, 0.1) is 0 Å². The first-order chi connectivity index (χ1) is 13.9. The summed E-state index contributed by atoms with van der Waals surface area (Å²) in [5.41, 5.74) is 0.743. The van der Waals surface area contributed by atoms with Crippen molar-refractivity contribution in [2.45, 2.75) is 23.7 Å². The van der Waals surface area contributed by atoms with Gasteiger partial charge in [-0.2, -0.15) is 0 Å². The molecule has 8 nitrogen and oxygen atoms in total. The lowest BCUT2D eigenvalue weighted by atomic mass is 10.2. The van der Waals surface area contributed by atoms with Crippen LogP contribution in [0.2, 0.25) is 0 Å². The van der Waals surface area contributed by atoms with Crippen LogP contribution in [-0.2, 0) is 10.0 Å². The van der Waals surface area contributed by atoms with Crippen molar-refractivity contribution in [1.82, 2.24) is 10.2 Å². The number of anilines is 2. The van der Waals surface area contributed by atoms with E-state index in [1.54, 1.807) is 24.3 Å². The molecule has 1 saturated carbocycles. The predicted octanol–water partition coefficient (Wildman–Crippen LogP) is 3.48. The second-order valence-corrected chi connectivity index (χ2v) is 9.22. The Balaban J connectivity index is 1.43. The van der Waals surface area contributed by atoms with Crippen molar-refractivity contribution in [2.75, 3.05) is 17.1 Å². The first-order valence-electron chi connectivity index (χ1n) is 8.86. The van der Waals surface area contributed by atoms with Crippen LogP contribution in [0.25, 0.3) is 0 Å². The quantitative estimate of drug-likeness (QED) is 0.594. The van der Waals surface area contributed by atoms with E-state index in [2.05, 4.69) is 20.2 Å². The molecular weight excluding hydrogens is 412 g/mol. The molecule has 3 aromatic rings. The topological polar surface area (TPSA) is 110 Å². The lowest BCUT2D eigenvalue weighted by Crippen LogP contribution is -2.14. The molecule has 0 atom stereocenters. The molecule has 1 aliphatic rings. The lowest BCUT2D eigenvalue weighted by molar-refractivity contribution is 0.102. The molecule has 1 amide bonds. The van der Waals surface area contributed by atoms with Crippen LogP contribution in [0.15, 0.2) is 53.4 Å². The Bertz CT molecular complexity index is 1120. The van der Waals surface area contributed by atoms with Gasteiger partial charge in [0.15, 0.2) is 0 Å². The van der Waals surface area contributed by atoms with Crippen LogP contribution in [0.3, 0.4) is 0 Å². The molecule has 1 aliphatic carbocycles. The predicted molar refractivity (Wildman–Crippen MR) is 110 cm³/mol. The summed E-state index contributed by atoms with van der Waals surface area (Å²) < 4.78 is 32.6. The Hall–Kier alpha value is -2.98. The fraction of sp³-hybridized carbons (Fsp3) is 0.211. The Morgan fingerprint density at radius 3 is 2.38 bits per heavy atom. The summed E-state index contributed by atoms with van der Waals surface area (Å²) in [6, 6.07) is 12.2. The molecule has 1 aromatic heterocycles. The number of rotatable bonds is 7. The molecule has 0 unspecified atom stereocenters. The molecule has 0 aliphatic heterocycles. The van der Waals surface area contributed by atoms with Crippen LogP contribution in [-0.4, -0.2) is 31.6 Å². The minimum absolute atomic E-state index is 0.0526. The van der Waals surface area contributed by atoms with Crippen LogP contribution in [0.5, 0.6) is 5.75 Å². The number of nitrogens with zero attached hydrogens (tertiary/aromatic N) is 2. The van der Waals surface area contributed by atoms with Gasteiger partial charge in [-0.05, 0) is 61.4 Å². The van der Waals surface area contributed by atoms with Gasteiger partial charge in [0.1, 0.15) is 10.8 Å². The van der Waals surface area contributed by atoms with Gasteiger partial charge < -0.3 is 4.74 Å². The van der Waals surface area contributed by atoms with Crippen LogP contribution >= 0.6 is 11.3 Å². The summed E-state index contributed by atoms with van der Waals surface area (Å²) in [5, 5.41) is 12.1. The zero-order valence-corrected chi connectivity index (χ0v) is 17.1. The van der Waals surface area contributed by atoms with Crippen LogP contribution < -0.4 is 14.8 Å². The van der Waals surface area contributed by atoms with E-state index in [4.69, 9.17) is 4.74 Å². The largest absolute Gasteiger partial charge is 0.497 e. The third-order valence-corrected chi connectivity index (χ3v) is 6.76. The summed E-state index contributed by atoms with van der Waals surface area (Å²) in [4.78, 5) is 12.4. The van der Waals surface area contributed by atoms with Gasteiger partial charge in [0.05, 0.1) is 12.0 Å². The van der Waals surface area contributed by atoms with Crippen molar-refractivity contribution in [1.29, 1.82) is 0 Å². The Labute approximate surface area is 172 Å². The maximum absolute atomic E-state index is 12.5. The summed E-state index contributed by atoms with van der Waals surface area (Å²) in [5.74, 6) is 0.736. The van der Waals surface area contributed by atoms with Gasteiger partial charge in [0.25, 0.3) is 15.9 Å². The molecule has 0 spiro atoms. The molecule has 0 saturated heterocycles.